The lowest BCUT2D eigenvalue weighted by Crippen LogP contribution is -2.48. The third-order valence-electron chi connectivity index (χ3n) is 4.01. The molecule has 0 fully saturated rings. The molecule has 7 nitrogen and oxygen atoms in total. The van der Waals surface area contributed by atoms with Gasteiger partial charge in [-0.05, 0) is 24.1 Å². The molecule has 0 saturated heterocycles. The molecule has 2 aromatic rings. The van der Waals surface area contributed by atoms with Crippen LogP contribution in [0, 0.1) is 0 Å². The molecule has 2 atom stereocenters. The number of pyridine rings is 1. The van der Waals surface area contributed by atoms with E-state index >= 15 is 0 Å². The fourth-order valence-electron chi connectivity index (χ4n) is 2.54. The van der Waals surface area contributed by atoms with E-state index in [1.54, 1.807) is 25.4 Å². The van der Waals surface area contributed by atoms with Crippen molar-refractivity contribution in [1.82, 2.24) is 15.6 Å². The molecule has 3 rings (SSSR count). The number of hydrogen-bond donors (Lipinski definition) is 2. The van der Waals surface area contributed by atoms with Crippen molar-refractivity contribution in [3.8, 4) is 0 Å². The lowest BCUT2D eigenvalue weighted by molar-refractivity contribution is -0.135. The summed E-state index contributed by atoms with van der Waals surface area (Å²) in [5.41, 5.74) is 2.53. The van der Waals surface area contributed by atoms with E-state index in [4.69, 9.17) is 4.84 Å². The topological polar surface area (TPSA) is 92.7 Å². The number of benzene rings is 1. The molecule has 26 heavy (non-hydrogen) atoms. The van der Waals surface area contributed by atoms with Gasteiger partial charge in [-0.3, -0.25) is 14.6 Å². The first-order valence-corrected chi connectivity index (χ1v) is 8.38. The third kappa shape index (κ3) is 4.44. The van der Waals surface area contributed by atoms with Crippen molar-refractivity contribution in [2.75, 3.05) is 0 Å². The second-order valence-electron chi connectivity index (χ2n) is 6.01. The Morgan fingerprint density at radius 3 is 2.77 bits per heavy atom. The average molecular weight is 352 g/mol. The van der Waals surface area contributed by atoms with Crippen molar-refractivity contribution >= 4 is 17.5 Å². The predicted octanol–water partition coefficient (Wildman–Crippen LogP) is 1.40. The fourth-order valence-corrected chi connectivity index (χ4v) is 2.54. The Morgan fingerprint density at radius 1 is 1.23 bits per heavy atom. The molecule has 0 bridgehead atoms. The van der Waals surface area contributed by atoms with Crippen LogP contribution in [0.4, 0.5) is 0 Å². The molecule has 0 saturated carbocycles. The molecule has 2 amide bonds. The van der Waals surface area contributed by atoms with Gasteiger partial charge < -0.3 is 15.5 Å². The monoisotopic (exact) mass is 352 g/mol. The van der Waals surface area contributed by atoms with E-state index in [2.05, 4.69) is 20.8 Å². The van der Waals surface area contributed by atoms with Crippen molar-refractivity contribution < 1.29 is 14.4 Å². The van der Waals surface area contributed by atoms with Gasteiger partial charge in [-0.2, -0.15) is 0 Å². The highest BCUT2D eigenvalue weighted by Crippen LogP contribution is 2.16. The number of oxime groups is 1. The first-order valence-electron chi connectivity index (χ1n) is 8.38. The van der Waals surface area contributed by atoms with Gasteiger partial charge >= 0.3 is 0 Å². The zero-order chi connectivity index (χ0) is 18.4. The lowest BCUT2D eigenvalue weighted by Gasteiger charge is -2.16. The van der Waals surface area contributed by atoms with E-state index in [0.717, 1.165) is 16.8 Å². The molecule has 2 unspecified atom stereocenters. The lowest BCUT2D eigenvalue weighted by atomic mass is 10.0. The van der Waals surface area contributed by atoms with Crippen molar-refractivity contribution in [2.24, 2.45) is 5.16 Å². The van der Waals surface area contributed by atoms with Crippen molar-refractivity contribution in [1.29, 1.82) is 0 Å². The van der Waals surface area contributed by atoms with E-state index in [1.165, 1.54) is 0 Å². The largest absolute Gasteiger partial charge is 0.382 e. The van der Waals surface area contributed by atoms with Crippen LogP contribution in [0.2, 0.25) is 0 Å². The maximum absolute atomic E-state index is 12.3. The van der Waals surface area contributed by atoms with E-state index in [9.17, 15) is 9.59 Å². The summed E-state index contributed by atoms with van der Waals surface area (Å²) in [4.78, 5) is 33.7. The minimum absolute atomic E-state index is 0.274. The minimum atomic E-state index is -0.723. The first-order chi connectivity index (χ1) is 12.6. The van der Waals surface area contributed by atoms with Gasteiger partial charge in [0.1, 0.15) is 6.04 Å². The summed E-state index contributed by atoms with van der Waals surface area (Å²) < 4.78 is 0. The fraction of sp³-hybridized carbons (Fsp3) is 0.263. The third-order valence-corrected chi connectivity index (χ3v) is 4.01. The number of hydrogen-bond acceptors (Lipinski definition) is 5. The Morgan fingerprint density at radius 2 is 2.04 bits per heavy atom. The standard InChI is InChI=1S/C19H20N4O3/c1-13(18(24)21-12-14-6-5-9-20-11-14)22-19(25)17-10-16(23-26-17)15-7-3-2-4-8-15/h2-9,11,13,17H,10,12H2,1H3,(H,21,24)(H,22,25). The zero-order valence-corrected chi connectivity index (χ0v) is 14.4. The van der Waals surface area contributed by atoms with Crippen LogP contribution in [0.1, 0.15) is 24.5 Å². The summed E-state index contributed by atoms with van der Waals surface area (Å²) in [5, 5.41) is 9.42. The highest BCUT2D eigenvalue weighted by Gasteiger charge is 2.30. The molecule has 1 aliphatic rings. The molecule has 2 heterocycles. The molecular formula is C19H20N4O3. The van der Waals surface area contributed by atoms with Crippen molar-refractivity contribution in [2.45, 2.75) is 32.0 Å². The predicted molar refractivity (Wildman–Crippen MR) is 96.2 cm³/mol. The molecule has 134 valence electrons. The number of carbonyl (C=O) groups excluding carboxylic acids is 2. The first kappa shape index (κ1) is 17.6. The molecule has 1 aromatic heterocycles. The Labute approximate surface area is 151 Å². The second kappa shape index (κ2) is 8.24. The molecule has 1 aromatic carbocycles. The van der Waals surface area contributed by atoms with Gasteiger partial charge in [0.15, 0.2) is 0 Å². The van der Waals surface area contributed by atoms with Crippen LogP contribution in [-0.2, 0) is 21.0 Å². The molecule has 0 radical (unpaired) electrons. The minimum Gasteiger partial charge on any atom is -0.382 e. The van der Waals surface area contributed by atoms with Crippen LogP contribution in [0.15, 0.2) is 60.0 Å². The maximum Gasteiger partial charge on any atom is 0.264 e. The SMILES string of the molecule is CC(NC(=O)C1CC(c2ccccc2)=NO1)C(=O)NCc1cccnc1. The van der Waals surface area contributed by atoms with Crippen molar-refractivity contribution in [3.63, 3.8) is 0 Å². The van der Waals surface area contributed by atoms with Gasteiger partial charge in [-0.15, -0.1) is 0 Å². The van der Waals surface area contributed by atoms with Gasteiger partial charge in [0.2, 0.25) is 12.0 Å². The normalized spacial score (nSPS) is 17.0. The van der Waals surface area contributed by atoms with Gasteiger partial charge in [-0.25, -0.2) is 0 Å². The number of aromatic nitrogens is 1. The number of rotatable bonds is 6. The smallest absolute Gasteiger partial charge is 0.264 e. The van der Waals surface area contributed by atoms with E-state index in [1.807, 2.05) is 36.4 Å². The summed E-state index contributed by atoms with van der Waals surface area (Å²) >= 11 is 0. The Bertz CT molecular complexity index is 793. The van der Waals surface area contributed by atoms with Gasteiger partial charge in [-0.1, -0.05) is 41.6 Å². The number of nitrogens with zero attached hydrogens (tertiary/aromatic N) is 2. The molecule has 1 aliphatic heterocycles. The Kier molecular flexibility index (Phi) is 5.58. The van der Waals surface area contributed by atoms with Crippen LogP contribution in [0.3, 0.4) is 0 Å². The average Bonchev–Trinajstić information content (AvgIpc) is 3.18. The maximum atomic E-state index is 12.3. The summed E-state index contributed by atoms with van der Waals surface area (Å²) in [7, 11) is 0. The van der Waals surface area contributed by atoms with Gasteiger partial charge in [0, 0.05) is 25.4 Å². The van der Waals surface area contributed by atoms with Gasteiger partial charge in [0.25, 0.3) is 5.91 Å². The van der Waals surface area contributed by atoms with Gasteiger partial charge in [0.05, 0.1) is 5.71 Å². The highest BCUT2D eigenvalue weighted by atomic mass is 16.6. The van der Waals surface area contributed by atoms with Crippen LogP contribution in [0.25, 0.3) is 0 Å². The summed E-state index contributed by atoms with van der Waals surface area (Å²) in [5.74, 6) is -0.631. The Balaban J connectivity index is 1.46. The van der Waals surface area contributed by atoms with Crippen LogP contribution in [0.5, 0.6) is 0 Å². The molecule has 0 spiro atoms. The number of amides is 2. The van der Waals surface area contributed by atoms with E-state index in [0.29, 0.717) is 13.0 Å². The second-order valence-corrected chi connectivity index (χ2v) is 6.01. The summed E-state index contributed by atoms with van der Waals surface area (Å²) in [6, 6.07) is 12.5. The van der Waals surface area contributed by atoms with Crippen molar-refractivity contribution in [3.05, 3.63) is 66.0 Å². The summed E-state index contributed by atoms with van der Waals surface area (Å²) in [6.07, 6.45) is 3.00. The number of carbonyl (C=O) groups is 2. The van der Waals surface area contributed by atoms with E-state index < -0.39 is 12.1 Å². The molecule has 0 aliphatic carbocycles. The number of nitrogens with one attached hydrogen (secondary N) is 2. The molecular weight excluding hydrogens is 332 g/mol. The van der Waals surface area contributed by atoms with Crippen LogP contribution < -0.4 is 10.6 Å². The van der Waals surface area contributed by atoms with E-state index in [-0.39, 0.29) is 11.8 Å². The quantitative estimate of drug-likeness (QED) is 0.822. The molecule has 2 N–H and O–H groups in total. The Hall–Kier alpha value is -3.22. The van der Waals surface area contributed by atoms with Crippen LogP contribution in [-0.4, -0.2) is 34.7 Å². The van der Waals surface area contributed by atoms with Crippen LogP contribution >= 0.6 is 0 Å². The highest BCUT2D eigenvalue weighted by molar-refractivity contribution is 6.04. The summed E-state index contributed by atoms with van der Waals surface area (Å²) in [6.45, 7) is 1.98. The zero-order valence-electron chi connectivity index (χ0n) is 14.4. The molecule has 7 heteroatoms.